The second kappa shape index (κ2) is 11.7. The number of thiophene rings is 1. The number of morpholine rings is 1. The highest BCUT2D eigenvalue weighted by molar-refractivity contribution is 8.00. The molecule has 1 fully saturated rings. The number of methoxy groups -OCH3 is 1. The van der Waals surface area contributed by atoms with Gasteiger partial charge in [0, 0.05) is 29.2 Å². The van der Waals surface area contributed by atoms with Crippen LogP contribution in [-0.2, 0) is 14.3 Å². The molecule has 206 valence electrons. The zero-order chi connectivity index (χ0) is 27.6. The predicted octanol–water partition coefficient (Wildman–Crippen LogP) is 5.29. The Bertz CT molecular complexity index is 1500. The third kappa shape index (κ3) is 5.24. The average molecular weight is 595 g/mol. The minimum absolute atomic E-state index is 0.0787. The van der Waals surface area contributed by atoms with Crippen LogP contribution in [0.25, 0.3) is 16.9 Å². The zero-order valence-corrected chi connectivity index (χ0v) is 24.2. The van der Waals surface area contributed by atoms with Crippen LogP contribution >= 0.6 is 34.7 Å². The Hall–Kier alpha value is -3.31. The van der Waals surface area contributed by atoms with Gasteiger partial charge >= 0.3 is 0 Å². The van der Waals surface area contributed by atoms with Crippen molar-refractivity contribution in [3.8, 4) is 22.7 Å². The first kappa shape index (κ1) is 26.9. The first-order valence-corrected chi connectivity index (χ1v) is 15.2. The van der Waals surface area contributed by atoms with Crippen molar-refractivity contribution in [1.82, 2.24) is 14.7 Å². The summed E-state index contributed by atoms with van der Waals surface area (Å²) >= 11 is 9.41. The quantitative estimate of drug-likeness (QED) is 0.302. The Morgan fingerprint density at radius 1 is 1.10 bits per heavy atom. The molecule has 0 spiro atoms. The minimum atomic E-state index is -0.161. The number of carbonyl (C=O) groups excluding carboxylic acids is 2. The summed E-state index contributed by atoms with van der Waals surface area (Å²) in [6.07, 6.45) is 0. The minimum Gasteiger partial charge on any atom is -0.497 e. The van der Waals surface area contributed by atoms with E-state index in [2.05, 4.69) is 11.4 Å². The maximum atomic E-state index is 13.8. The van der Waals surface area contributed by atoms with Crippen molar-refractivity contribution in [2.24, 2.45) is 0 Å². The van der Waals surface area contributed by atoms with Crippen molar-refractivity contribution in [3.05, 3.63) is 81.5 Å². The molecule has 1 unspecified atom stereocenters. The highest BCUT2D eigenvalue weighted by Crippen LogP contribution is 2.49. The number of fused-ring (bicyclic) bond motifs is 1. The molecule has 0 radical (unpaired) electrons. The molecule has 1 saturated heterocycles. The van der Waals surface area contributed by atoms with Crippen LogP contribution in [0.5, 0.6) is 5.75 Å². The van der Waals surface area contributed by atoms with Gasteiger partial charge in [0.1, 0.15) is 18.1 Å². The van der Waals surface area contributed by atoms with Crippen LogP contribution in [0.2, 0.25) is 5.02 Å². The fourth-order valence-corrected chi connectivity index (χ4v) is 7.06. The lowest BCUT2D eigenvalue weighted by atomic mass is 10.0. The molecule has 0 bridgehead atoms. The SMILES string of the molecule is COc1ccc(-n2nc(-c3ccc(Cl)cc3)c3c2N(CC(=O)N2CCOCC2)C(=O)CSC3c2ccsc2)cc1. The highest BCUT2D eigenvalue weighted by atomic mass is 35.5. The van der Waals surface area contributed by atoms with Crippen LogP contribution in [0, 0.1) is 0 Å². The Kier molecular flexibility index (Phi) is 7.84. The largest absolute Gasteiger partial charge is 0.497 e. The molecule has 2 amide bonds. The number of amides is 2. The van der Waals surface area contributed by atoms with Gasteiger partial charge in [0.05, 0.1) is 42.7 Å². The van der Waals surface area contributed by atoms with E-state index in [0.29, 0.717) is 42.9 Å². The summed E-state index contributed by atoms with van der Waals surface area (Å²) in [5.41, 5.74) is 4.36. The number of carbonyl (C=O) groups is 2. The molecular weight excluding hydrogens is 568 g/mol. The van der Waals surface area contributed by atoms with Gasteiger partial charge in [0.25, 0.3) is 0 Å². The highest BCUT2D eigenvalue weighted by Gasteiger charge is 2.38. The van der Waals surface area contributed by atoms with E-state index in [9.17, 15) is 9.59 Å². The monoisotopic (exact) mass is 594 g/mol. The summed E-state index contributed by atoms with van der Waals surface area (Å²) in [6, 6.07) is 17.2. The number of aromatic nitrogens is 2. The lowest BCUT2D eigenvalue weighted by molar-refractivity contribution is -0.134. The van der Waals surface area contributed by atoms with E-state index in [-0.39, 0.29) is 29.4 Å². The molecule has 4 aromatic rings. The van der Waals surface area contributed by atoms with E-state index in [1.807, 2.05) is 53.9 Å². The topological polar surface area (TPSA) is 76.9 Å². The molecule has 1 atom stereocenters. The van der Waals surface area contributed by atoms with Crippen molar-refractivity contribution in [2.75, 3.05) is 50.6 Å². The van der Waals surface area contributed by atoms with Gasteiger partial charge in [-0.05, 0) is 58.8 Å². The van der Waals surface area contributed by atoms with Crippen molar-refractivity contribution in [1.29, 1.82) is 0 Å². The summed E-state index contributed by atoms with van der Waals surface area (Å²) in [5.74, 6) is 1.29. The Labute approximate surface area is 245 Å². The van der Waals surface area contributed by atoms with E-state index in [4.69, 9.17) is 26.2 Å². The summed E-state index contributed by atoms with van der Waals surface area (Å²) in [4.78, 5) is 30.7. The normalized spacial score (nSPS) is 17.4. The smallest absolute Gasteiger partial charge is 0.242 e. The zero-order valence-electron chi connectivity index (χ0n) is 21.8. The molecule has 8 nitrogen and oxygen atoms in total. The average Bonchev–Trinajstić information content (AvgIpc) is 3.63. The van der Waals surface area contributed by atoms with Gasteiger partial charge < -0.3 is 14.4 Å². The number of benzene rings is 2. The second-order valence-corrected chi connectivity index (χ2v) is 11.7. The summed E-state index contributed by atoms with van der Waals surface area (Å²) in [5, 5.41) is 9.72. The van der Waals surface area contributed by atoms with E-state index in [0.717, 1.165) is 28.1 Å². The van der Waals surface area contributed by atoms with Crippen LogP contribution < -0.4 is 9.64 Å². The van der Waals surface area contributed by atoms with Gasteiger partial charge in [-0.25, -0.2) is 4.68 Å². The van der Waals surface area contributed by atoms with Crippen molar-refractivity contribution >= 4 is 52.3 Å². The molecule has 40 heavy (non-hydrogen) atoms. The summed E-state index contributed by atoms with van der Waals surface area (Å²) < 4.78 is 12.6. The fraction of sp³-hybridized carbons (Fsp3) is 0.276. The maximum absolute atomic E-state index is 13.8. The number of thioether (sulfide) groups is 1. The fourth-order valence-electron chi connectivity index (χ4n) is 4.98. The third-order valence-electron chi connectivity index (χ3n) is 7.03. The number of hydrogen-bond acceptors (Lipinski definition) is 7. The number of anilines is 1. The van der Waals surface area contributed by atoms with Crippen LogP contribution in [-0.4, -0.2) is 72.2 Å². The second-order valence-electron chi connectivity index (χ2n) is 9.42. The van der Waals surface area contributed by atoms with Gasteiger partial charge in [-0.3, -0.25) is 14.5 Å². The summed E-state index contributed by atoms with van der Waals surface area (Å²) in [7, 11) is 1.62. The molecule has 0 aliphatic carbocycles. The predicted molar refractivity (Wildman–Crippen MR) is 159 cm³/mol. The number of nitrogens with zero attached hydrogens (tertiary/aromatic N) is 4. The standard InChI is InChI=1S/C29H27ClN4O4S2/c1-37-23-8-6-22(7-9-23)34-29-26(27(31-34)19-2-4-21(30)5-3-19)28(20-10-15-39-17-20)40-18-25(36)33(29)16-24(35)32-11-13-38-14-12-32/h2-10,15,17,28H,11-14,16,18H2,1H3. The molecule has 2 aromatic carbocycles. The Morgan fingerprint density at radius 3 is 2.52 bits per heavy atom. The van der Waals surface area contributed by atoms with Crippen molar-refractivity contribution < 1.29 is 19.1 Å². The Balaban J connectivity index is 1.57. The molecule has 2 aromatic heterocycles. The number of halogens is 1. The maximum Gasteiger partial charge on any atom is 0.242 e. The number of hydrogen-bond donors (Lipinski definition) is 0. The van der Waals surface area contributed by atoms with Crippen molar-refractivity contribution in [2.45, 2.75) is 5.25 Å². The Morgan fingerprint density at radius 2 is 1.85 bits per heavy atom. The molecule has 4 heterocycles. The molecule has 6 rings (SSSR count). The van der Waals surface area contributed by atoms with Crippen LogP contribution in [0.3, 0.4) is 0 Å². The van der Waals surface area contributed by atoms with Gasteiger partial charge in [-0.15, -0.1) is 11.8 Å². The van der Waals surface area contributed by atoms with Crippen LogP contribution in [0.1, 0.15) is 16.4 Å². The first-order valence-electron chi connectivity index (χ1n) is 12.9. The van der Waals surface area contributed by atoms with Gasteiger partial charge in [-0.1, -0.05) is 23.7 Å². The van der Waals surface area contributed by atoms with Crippen LogP contribution in [0.15, 0.2) is 65.4 Å². The van der Waals surface area contributed by atoms with Crippen molar-refractivity contribution in [3.63, 3.8) is 0 Å². The van der Waals surface area contributed by atoms with E-state index in [1.54, 1.807) is 44.7 Å². The van der Waals surface area contributed by atoms with Gasteiger partial charge in [0.15, 0.2) is 0 Å². The van der Waals surface area contributed by atoms with E-state index >= 15 is 0 Å². The molecular formula is C29H27ClN4O4S2. The summed E-state index contributed by atoms with van der Waals surface area (Å²) in [6.45, 7) is 1.92. The molecule has 0 saturated carbocycles. The van der Waals surface area contributed by atoms with Gasteiger partial charge in [-0.2, -0.15) is 16.4 Å². The lowest BCUT2D eigenvalue weighted by Gasteiger charge is -2.30. The molecule has 2 aliphatic heterocycles. The van der Waals surface area contributed by atoms with Crippen LogP contribution in [0.4, 0.5) is 5.82 Å². The van der Waals surface area contributed by atoms with Gasteiger partial charge in [0.2, 0.25) is 11.8 Å². The van der Waals surface area contributed by atoms with E-state index < -0.39 is 0 Å². The van der Waals surface area contributed by atoms with E-state index in [1.165, 1.54) is 0 Å². The number of rotatable bonds is 6. The molecule has 11 heteroatoms. The molecule has 2 aliphatic rings. The third-order valence-corrected chi connectivity index (χ3v) is 9.24. The first-order chi connectivity index (χ1) is 19.5. The molecule has 0 N–H and O–H groups in total. The lowest BCUT2D eigenvalue weighted by Crippen LogP contribution is -2.48. The number of ether oxygens (including phenoxy) is 2.